The number of amides is 1. The fourth-order valence-corrected chi connectivity index (χ4v) is 2.85. The zero-order valence-corrected chi connectivity index (χ0v) is 14.1. The summed E-state index contributed by atoms with van der Waals surface area (Å²) in [5.41, 5.74) is 0.844. The number of ether oxygens (including phenoxy) is 2. The van der Waals surface area contributed by atoms with Crippen molar-refractivity contribution in [2.45, 2.75) is 39.0 Å². The van der Waals surface area contributed by atoms with Gasteiger partial charge in [0.1, 0.15) is 5.75 Å². The fourth-order valence-electron chi connectivity index (χ4n) is 2.85. The largest absolute Gasteiger partial charge is 0.496 e. The van der Waals surface area contributed by atoms with E-state index in [1.807, 2.05) is 25.1 Å². The monoisotopic (exact) mass is 305 g/mol. The highest BCUT2D eigenvalue weighted by molar-refractivity contribution is 5.83. The van der Waals surface area contributed by atoms with Crippen LogP contribution in [0.5, 0.6) is 5.75 Å². The van der Waals surface area contributed by atoms with E-state index < -0.39 is 0 Å². The van der Waals surface area contributed by atoms with Gasteiger partial charge in [0.25, 0.3) is 0 Å². The molecule has 1 saturated heterocycles. The van der Waals surface area contributed by atoms with E-state index in [0.717, 1.165) is 18.6 Å². The van der Waals surface area contributed by atoms with Crippen LogP contribution in [0.4, 0.5) is 0 Å². The maximum absolute atomic E-state index is 12.2. The van der Waals surface area contributed by atoms with Crippen LogP contribution in [0.15, 0.2) is 24.3 Å². The van der Waals surface area contributed by atoms with E-state index in [9.17, 15) is 4.79 Å². The third kappa shape index (κ3) is 3.27. The molecule has 0 radical (unpaired) electrons. The van der Waals surface area contributed by atoms with E-state index in [4.69, 9.17) is 9.47 Å². The van der Waals surface area contributed by atoms with E-state index in [1.54, 1.807) is 7.11 Å². The number of hydrogen-bond acceptors (Lipinski definition) is 3. The molecule has 1 fully saturated rings. The fraction of sp³-hybridized carbons (Fsp3) is 0.611. The third-order valence-corrected chi connectivity index (χ3v) is 4.89. The average molecular weight is 305 g/mol. The Morgan fingerprint density at radius 3 is 2.64 bits per heavy atom. The first-order valence-electron chi connectivity index (χ1n) is 7.95. The van der Waals surface area contributed by atoms with Crippen molar-refractivity contribution in [3.63, 3.8) is 0 Å². The summed E-state index contributed by atoms with van der Waals surface area (Å²) >= 11 is 0. The number of carbonyl (C=O) groups is 1. The molecular formula is C18H27NO3. The van der Waals surface area contributed by atoms with Gasteiger partial charge in [-0.1, -0.05) is 32.0 Å². The van der Waals surface area contributed by atoms with Crippen molar-refractivity contribution in [2.24, 2.45) is 5.41 Å². The molecular weight excluding hydrogens is 278 g/mol. The Labute approximate surface area is 133 Å². The van der Waals surface area contributed by atoms with E-state index in [0.29, 0.717) is 19.8 Å². The Bertz CT molecular complexity index is 525. The number of hydrogen-bond donors (Lipinski definition) is 1. The normalized spacial score (nSPS) is 18.9. The van der Waals surface area contributed by atoms with Crippen molar-refractivity contribution in [3.05, 3.63) is 29.8 Å². The van der Waals surface area contributed by atoms with Crippen molar-refractivity contribution in [2.75, 3.05) is 26.9 Å². The molecule has 1 aromatic carbocycles. The minimum atomic E-state index is -0.340. The highest BCUT2D eigenvalue weighted by Gasteiger charge is 2.41. The third-order valence-electron chi connectivity index (χ3n) is 4.89. The minimum absolute atomic E-state index is 0.0170. The molecule has 2 rings (SSSR count). The van der Waals surface area contributed by atoms with E-state index in [1.165, 1.54) is 5.56 Å². The standard InChI is InChI=1S/C18H27NO3/c1-5-17(2,14-8-6-7-9-15(14)21-4)10-11-19-16(20)18(3)12-22-13-18/h6-9H,5,10-13H2,1-4H3,(H,19,20)/t17-/m0/s1. The lowest BCUT2D eigenvalue weighted by Gasteiger charge is -2.37. The van der Waals surface area contributed by atoms with Crippen LogP contribution in [0.25, 0.3) is 0 Å². The molecule has 1 aliphatic rings. The van der Waals surface area contributed by atoms with Gasteiger partial charge in [-0.2, -0.15) is 0 Å². The summed E-state index contributed by atoms with van der Waals surface area (Å²) in [6, 6.07) is 8.13. The highest BCUT2D eigenvalue weighted by Crippen LogP contribution is 2.37. The summed E-state index contributed by atoms with van der Waals surface area (Å²) in [5.74, 6) is 1.01. The molecule has 0 spiro atoms. The second-order valence-corrected chi connectivity index (χ2v) is 6.67. The van der Waals surface area contributed by atoms with Crippen molar-refractivity contribution in [3.8, 4) is 5.75 Å². The van der Waals surface area contributed by atoms with Crippen molar-refractivity contribution >= 4 is 5.91 Å². The molecule has 1 atom stereocenters. The number of methoxy groups -OCH3 is 1. The van der Waals surface area contributed by atoms with Gasteiger partial charge in [-0.15, -0.1) is 0 Å². The van der Waals surface area contributed by atoms with Gasteiger partial charge in [-0.05, 0) is 31.2 Å². The molecule has 1 N–H and O–H groups in total. The van der Waals surface area contributed by atoms with Crippen LogP contribution < -0.4 is 10.1 Å². The van der Waals surface area contributed by atoms with Gasteiger partial charge >= 0.3 is 0 Å². The molecule has 0 saturated carbocycles. The summed E-state index contributed by atoms with van der Waals surface area (Å²) < 4.78 is 10.6. The van der Waals surface area contributed by atoms with E-state index in [2.05, 4.69) is 25.2 Å². The summed E-state index contributed by atoms with van der Waals surface area (Å²) in [5, 5.41) is 3.06. The molecule has 1 heterocycles. The number of benzene rings is 1. The first kappa shape index (κ1) is 16.8. The summed E-state index contributed by atoms with van der Waals surface area (Å²) in [6.45, 7) is 8.06. The quantitative estimate of drug-likeness (QED) is 0.842. The van der Waals surface area contributed by atoms with Crippen molar-refractivity contribution in [1.29, 1.82) is 0 Å². The molecule has 0 aliphatic carbocycles. The second kappa shape index (κ2) is 6.69. The SMILES string of the molecule is CC[C@@](C)(CCNC(=O)C1(C)COC1)c1ccccc1OC. The molecule has 1 amide bonds. The lowest BCUT2D eigenvalue weighted by Crippen LogP contribution is -2.52. The van der Waals surface area contributed by atoms with Crippen LogP contribution >= 0.6 is 0 Å². The Hall–Kier alpha value is -1.55. The lowest BCUT2D eigenvalue weighted by molar-refractivity contribution is -0.157. The molecule has 0 bridgehead atoms. The first-order valence-corrected chi connectivity index (χ1v) is 7.95. The molecule has 22 heavy (non-hydrogen) atoms. The van der Waals surface area contributed by atoms with Gasteiger partial charge in [0.15, 0.2) is 0 Å². The molecule has 4 heteroatoms. The Kier molecular flexibility index (Phi) is 5.12. The van der Waals surface area contributed by atoms with Crippen LogP contribution in [0.2, 0.25) is 0 Å². The molecule has 0 unspecified atom stereocenters. The van der Waals surface area contributed by atoms with Gasteiger partial charge in [0, 0.05) is 12.1 Å². The lowest BCUT2D eigenvalue weighted by atomic mass is 9.76. The van der Waals surface area contributed by atoms with Gasteiger partial charge in [0.05, 0.1) is 25.7 Å². The number of nitrogens with one attached hydrogen (secondary N) is 1. The van der Waals surface area contributed by atoms with Gasteiger partial charge < -0.3 is 14.8 Å². The first-order chi connectivity index (χ1) is 10.4. The summed E-state index contributed by atoms with van der Waals surface area (Å²) in [7, 11) is 1.70. The molecule has 0 aromatic heterocycles. The topological polar surface area (TPSA) is 47.6 Å². The van der Waals surface area contributed by atoms with Gasteiger partial charge in [-0.25, -0.2) is 0 Å². The zero-order chi connectivity index (χ0) is 16.2. The number of para-hydroxylation sites is 1. The smallest absolute Gasteiger partial charge is 0.230 e. The van der Waals surface area contributed by atoms with E-state index >= 15 is 0 Å². The van der Waals surface area contributed by atoms with Crippen LogP contribution in [-0.2, 0) is 14.9 Å². The Morgan fingerprint density at radius 2 is 2.09 bits per heavy atom. The number of rotatable bonds is 7. The summed E-state index contributed by atoms with van der Waals surface area (Å²) in [4.78, 5) is 12.2. The van der Waals surface area contributed by atoms with Crippen molar-refractivity contribution in [1.82, 2.24) is 5.32 Å². The van der Waals surface area contributed by atoms with Crippen LogP contribution in [0, 0.1) is 5.41 Å². The molecule has 122 valence electrons. The zero-order valence-electron chi connectivity index (χ0n) is 14.1. The van der Waals surface area contributed by atoms with E-state index in [-0.39, 0.29) is 16.7 Å². The molecule has 4 nitrogen and oxygen atoms in total. The highest BCUT2D eigenvalue weighted by atomic mass is 16.5. The van der Waals surface area contributed by atoms with Gasteiger partial charge in [0.2, 0.25) is 5.91 Å². The van der Waals surface area contributed by atoms with Crippen LogP contribution in [0.1, 0.15) is 39.2 Å². The molecule has 1 aliphatic heterocycles. The minimum Gasteiger partial charge on any atom is -0.496 e. The van der Waals surface area contributed by atoms with Crippen LogP contribution in [-0.4, -0.2) is 32.8 Å². The van der Waals surface area contributed by atoms with Crippen LogP contribution in [0.3, 0.4) is 0 Å². The van der Waals surface area contributed by atoms with Gasteiger partial charge in [-0.3, -0.25) is 4.79 Å². The maximum Gasteiger partial charge on any atom is 0.230 e. The molecule has 1 aromatic rings. The number of carbonyl (C=O) groups excluding carboxylic acids is 1. The second-order valence-electron chi connectivity index (χ2n) is 6.67. The Balaban J connectivity index is 2.00. The van der Waals surface area contributed by atoms with Crippen molar-refractivity contribution < 1.29 is 14.3 Å². The summed E-state index contributed by atoms with van der Waals surface area (Å²) in [6.07, 6.45) is 1.87. The predicted octanol–water partition coefficient (Wildman–Crippen LogP) is 2.91. The predicted molar refractivity (Wildman–Crippen MR) is 87.2 cm³/mol. The maximum atomic E-state index is 12.2. The Morgan fingerprint density at radius 1 is 1.41 bits per heavy atom. The average Bonchev–Trinajstić information content (AvgIpc) is 2.52.